The van der Waals surface area contributed by atoms with Crippen LogP contribution in [0.3, 0.4) is 0 Å². The van der Waals surface area contributed by atoms with Crippen LogP contribution in [0.2, 0.25) is 0 Å². The van der Waals surface area contributed by atoms with Gasteiger partial charge < -0.3 is 5.11 Å². The van der Waals surface area contributed by atoms with Crippen LogP contribution in [0.4, 0.5) is 0 Å². The van der Waals surface area contributed by atoms with Crippen LogP contribution in [0, 0.1) is 6.92 Å². The minimum atomic E-state index is -0.772. The summed E-state index contributed by atoms with van der Waals surface area (Å²) in [4.78, 5) is 11.1. The molecule has 1 aromatic rings. The first kappa shape index (κ1) is 13.7. The Bertz CT molecular complexity index is 376. The van der Waals surface area contributed by atoms with Crippen LogP contribution in [0.1, 0.15) is 43.9 Å². The van der Waals surface area contributed by atoms with Crippen LogP contribution in [-0.4, -0.2) is 17.1 Å². The second kappa shape index (κ2) is 6.40. The van der Waals surface area contributed by atoms with Gasteiger partial charge in [-0.05, 0) is 25.8 Å². The summed E-state index contributed by atoms with van der Waals surface area (Å²) in [5, 5.41) is 12.3. The molecule has 0 bridgehead atoms. The molecule has 3 nitrogen and oxygen atoms in total. The molecule has 3 heteroatoms. The summed E-state index contributed by atoms with van der Waals surface area (Å²) in [5.41, 5.74) is 2.32. The zero-order valence-electron chi connectivity index (χ0n) is 10.7. The first-order valence-electron chi connectivity index (χ1n) is 6.10. The summed E-state index contributed by atoms with van der Waals surface area (Å²) in [6.45, 7) is 6.03. The van der Waals surface area contributed by atoms with Crippen molar-refractivity contribution >= 4 is 5.97 Å². The third-order valence-electron chi connectivity index (χ3n) is 2.87. The van der Waals surface area contributed by atoms with Crippen molar-refractivity contribution in [2.45, 2.75) is 45.7 Å². The van der Waals surface area contributed by atoms with Crippen molar-refractivity contribution in [1.82, 2.24) is 5.32 Å². The quantitative estimate of drug-likeness (QED) is 0.797. The molecule has 0 amide bonds. The number of benzene rings is 1. The molecule has 1 unspecified atom stereocenters. The molecule has 0 heterocycles. The van der Waals surface area contributed by atoms with Gasteiger partial charge in [-0.25, -0.2) is 0 Å². The number of carboxylic acids is 1. The average Bonchev–Trinajstić information content (AvgIpc) is 2.28. The van der Waals surface area contributed by atoms with Gasteiger partial charge in [0.05, 0.1) is 0 Å². The van der Waals surface area contributed by atoms with Gasteiger partial charge >= 0.3 is 5.97 Å². The Labute approximate surface area is 103 Å². The van der Waals surface area contributed by atoms with Gasteiger partial charge in [0.25, 0.3) is 0 Å². The molecule has 0 aliphatic rings. The third-order valence-corrected chi connectivity index (χ3v) is 2.87. The van der Waals surface area contributed by atoms with E-state index in [-0.39, 0.29) is 6.04 Å². The van der Waals surface area contributed by atoms with E-state index in [0.29, 0.717) is 6.42 Å². The predicted molar refractivity (Wildman–Crippen MR) is 69.1 cm³/mol. The number of aliphatic carboxylic acids is 1. The van der Waals surface area contributed by atoms with Gasteiger partial charge in [0.15, 0.2) is 0 Å². The molecular weight excluding hydrogens is 214 g/mol. The zero-order valence-corrected chi connectivity index (χ0v) is 10.7. The third kappa shape index (κ3) is 4.19. The highest BCUT2D eigenvalue weighted by molar-refractivity contribution is 5.73. The fourth-order valence-corrected chi connectivity index (χ4v) is 1.90. The molecule has 0 aliphatic heterocycles. The normalized spacial score (nSPS) is 14.3. The predicted octanol–water partition coefficient (Wildman–Crippen LogP) is 2.90. The van der Waals surface area contributed by atoms with Gasteiger partial charge in [-0.3, -0.25) is 10.1 Å². The molecule has 0 aromatic heterocycles. The number of hydrogen-bond acceptors (Lipinski definition) is 2. The van der Waals surface area contributed by atoms with Crippen LogP contribution in [-0.2, 0) is 4.79 Å². The molecule has 0 aliphatic carbocycles. The second-order valence-electron chi connectivity index (χ2n) is 4.48. The van der Waals surface area contributed by atoms with Crippen molar-refractivity contribution in [3.63, 3.8) is 0 Å². The molecule has 0 radical (unpaired) electrons. The van der Waals surface area contributed by atoms with E-state index in [9.17, 15) is 4.79 Å². The number of aryl methyl sites for hydroxylation is 1. The Morgan fingerprint density at radius 2 is 2.18 bits per heavy atom. The van der Waals surface area contributed by atoms with Gasteiger partial charge in [0, 0.05) is 6.04 Å². The summed E-state index contributed by atoms with van der Waals surface area (Å²) < 4.78 is 0. The van der Waals surface area contributed by atoms with Gasteiger partial charge in [0.2, 0.25) is 0 Å². The van der Waals surface area contributed by atoms with E-state index >= 15 is 0 Å². The first-order valence-corrected chi connectivity index (χ1v) is 6.10. The van der Waals surface area contributed by atoms with E-state index in [1.807, 2.05) is 39.0 Å². The molecule has 94 valence electrons. The molecule has 17 heavy (non-hydrogen) atoms. The fourth-order valence-electron chi connectivity index (χ4n) is 1.90. The lowest BCUT2D eigenvalue weighted by molar-refractivity contribution is -0.139. The largest absolute Gasteiger partial charge is 0.480 e. The average molecular weight is 235 g/mol. The number of carbonyl (C=O) groups is 1. The Morgan fingerprint density at radius 1 is 1.47 bits per heavy atom. The number of hydrogen-bond donors (Lipinski definition) is 2. The molecule has 1 aromatic carbocycles. The van der Waals surface area contributed by atoms with Crippen molar-refractivity contribution in [3.8, 4) is 0 Å². The maximum absolute atomic E-state index is 11.1. The van der Waals surface area contributed by atoms with Gasteiger partial charge in [0.1, 0.15) is 6.04 Å². The number of rotatable bonds is 6. The summed E-state index contributed by atoms with van der Waals surface area (Å²) >= 11 is 0. The van der Waals surface area contributed by atoms with Crippen LogP contribution in [0.15, 0.2) is 24.3 Å². The highest BCUT2D eigenvalue weighted by atomic mass is 16.4. The molecule has 0 spiro atoms. The Hall–Kier alpha value is -1.35. The Morgan fingerprint density at radius 3 is 2.71 bits per heavy atom. The van der Waals surface area contributed by atoms with E-state index in [4.69, 9.17) is 5.11 Å². The lowest BCUT2D eigenvalue weighted by atomic mass is 10.0. The summed E-state index contributed by atoms with van der Waals surface area (Å²) in [7, 11) is 0. The van der Waals surface area contributed by atoms with Gasteiger partial charge in [-0.1, -0.05) is 43.2 Å². The van der Waals surface area contributed by atoms with Gasteiger partial charge in [-0.15, -0.1) is 0 Å². The number of nitrogens with one attached hydrogen (secondary N) is 1. The lowest BCUT2D eigenvalue weighted by Crippen LogP contribution is -2.38. The molecule has 0 saturated heterocycles. The van der Waals surface area contributed by atoms with E-state index in [1.165, 1.54) is 5.56 Å². The molecule has 0 fully saturated rings. The monoisotopic (exact) mass is 235 g/mol. The molecule has 1 rings (SSSR count). The SMILES string of the molecule is CCCC(N[C@@H](C)c1cccc(C)c1)C(=O)O. The van der Waals surface area contributed by atoms with Crippen LogP contribution >= 0.6 is 0 Å². The minimum absolute atomic E-state index is 0.0579. The zero-order chi connectivity index (χ0) is 12.8. The van der Waals surface area contributed by atoms with Crippen LogP contribution in [0.5, 0.6) is 0 Å². The highest BCUT2D eigenvalue weighted by Crippen LogP contribution is 2.15. The van der Waals surface area contributed by atoms with Crippen molar-refractivity contribution in [2.24, 2.45) is 0 Å². The van der Waals surface area contributed by atoms with Crippen molar-refractivity contribution in [1.29, 1.82) is 0 Å². The number of carboxylic acid groups (broad SMARTS) is 1. The molecular formula is C14H21NO2. The summed E-state index contributed by atoms with van der Waals surface area (Å²) in [6.07, 6.45) is 1.52. The topological polar surface area (TPSA) is 49.3 Å². The van der Waals surface area contributed by atoms with Crippen molar-refractivity contribution in [2.75, 3.05) is 0 Å². The van der Waals surface area contributed by atoms with Crippen LogP contribution < -0.4 is 5.32 Å². The summed E-state index contributed by atoms with van der Waals surface area (Å²) in [5.74, 6) is -0.772. The fraction of sp³-hybridized carbons (Fsp3) is 0.500. The Kier molecular flexibility index (Phi) is 5.16. The molecule has 2 N–H and O–H groups in total. The highest BCUT2D eigenvalue weighted by Gasteiger charge is 2.18. The smallest absolute Gasteiger partial charge is 0.320 e. The van der Waals surface area contributed by atoms with E-state index in [2.05, 4.69) is 11.4 Å². The lowest BCUT2D eigenvalue weighted by Gasteiger charge is -2.20. The maximum atomic E-state index is 11.1. The minimum Gasteiger partial charge on any atom is -0.480 e. The first-order chi connectivity index (χ1) is 8.04. The summed E-state index contributed by atoms with van der Waals surface area (Å²) in [6, 6.07) is 7.74. The van der Waals surface area contributed by atoms with Crippen molar-refractivity contribution in [3.05, 3.63) is 35.4 Å². The van der Waals surface area contributed by atoms with Crippen molar-refractivity contribution < 1.29 is 9.90 Å². The van der Waals surface area contributed by atoms with Gasteiger partial charge in [-0.2, -0.15) is 0 Å². The standard InChI is InChI=1S/C14H21NO2/c1-4-6-13(14(16)17)15-11(3)12-8-5-7-10(2)9-12/h5,7-9,11,13,15H,4,6H2,1-3H3,(H,16,17)/t11-,13?/m0/s1. The molecule has 2 atom stereocenters. The Balaban J connectivity index is 2.69. The second-order valence-corrected chi connectivity index (χ2v) is 4.48. The molecule has 0 saturated carbocycles. The van der Waals surface area contributed by atoms with E-state index in [0.717, 1.165) is 12.0 Å². The van der Waals surface area contributed by atoms with E-state index < -0.39 is 12.0 Å². The van der Waals surface area contributed by atoms with E-state index in [1.54, 1.807) is 0 Å². The maximum Gasteiger partial charge on any atom is 0.320 e. The van der Waals surface area contributed by atoms with Crippen LogP contribution in [0.25, 0.3) is 0 Å².